The standard InChI is InChI=1S/C13H14N2O2S/c16-13(15-6-2-1-3-7-15)10-9-18-12(14-10)11-5-4-8-17-11/h4-5,8-9H,1-3,6-7H2. The summed E-state index contributed by atoms with van der Waals surface area (Å²) in [7, 11) is 0. The van der Waals surface area contributed by atoms with E-state index in [1.165, 1.54) is 17.8 Å². The topological polar surface area (TPSA) is 46.3 Å². The molecule has 0 saturated carbocycles. The highest BCUT2D eigenvalue weighted by atomic mass is 32.1. The molecule has 0 spiro atoms. The van der Waals surface area contributed by atoms with E-state index in [2.05, 4.69) is 4.98 Å². The van der Waals surface area contributed by atoms with Crippen LogP contribution in [0.25, 0.3) is 10.8 Å². The van der Waals surface area contributed by atoms with Crippen molar-refractivity contribution in [1.29, 1.82) is 0 Å². The van der Waals surface area contributed by atoms with Gasteiger partial charge in [-0.15, -0.1) is 11.3 Å². The van der Waals surface area contributed by atoms with Crippen LogP contribution in [-0.4, -0.2) is 28.9 Å². The Hall–Kier alpha value is -1.62. The Labute approximate surface area is 109 Å². The quantitative estimate of drug-likeness (QED) is 0.835. The molecule has 94 valence electrons. The molecule has 1 amide bonds. The third-order valence-corrected chi connectivity index (χ3v) is 3.96. The number of hydrogen-bond acceptors (Lipinski definition) is 4. The molecule has 1 aliphatic rings. The highest BCUT2D eigenvalue weighted by Gasteiger charge is 2.21. The zero-order chi connectivity index (χ0) is 12.4. The van der Waals surface area contributed by atoms with Crippen molar-refractivity contribution in [3.8, 4) is 10.8 Å². The average Bonchev–Trinajstić information content (AvgIpc) is 3.09. The van der Waals surface area contributed by atoms with Gasteiger partial charge in [0.15, 0.2) is 10.8 Å². The minimum absolute atomic E-state index is 0.0451. The number of rotatable bonds is 2. The highest BCUT2D eigenvalue weighted by molar-refractivity contribution is 7.13. The average molecular weight is 262 g/mol. The summed E-state index contributed by atoms with van der Waals surface area (Å²) in [5.41, 5.74) is 0.535. The monoisotopic (exact) mass is 262 g/mol. The molecule has 0 aromatic carbocycles. The van der Waals surface area contributed by atoms with Gasteiger partial charge in [0.2, 0.25) is 0 Å². The van der Waals surface area contributed by atoms with Gasteiger partial charge in [-0.2, -0.15) is 0 Å². The lowest BCUT2D eigenvalue weighted by molar-refractivity contribution is 0.0719. The molecule has 18 heavy (non-hydrogen) atoms. The van der Waals surface area contributed by atoms with Crippen LogP contribution in [0.2, 0.25) is 0 Å². The van der Waals surface area contributed by atoms with Gasteiger partial charge in [-0.05, 0) is 31.4 Å². The zero-order valence-electron chi connectivity index (χ0n) is 9.96. The molecule has 2 aromatic rings. The SMILES string of the molecule is O=C(c1csc(-c2ccco2)n1)N1CCCCC1. The maximum absolute atomic E-state index is 12.2. The summed E-state index contributed by atoms with van der Waals surface area (Å²) in [6.07, 6.45) is 5.03. The lowest BCUT2D eigenvalue weighted by Crippen LogP contribution is -2.35. The van der Waals surface area contributed by atoms with E-state index in [1.807, 2.05) is 22.4 Å². The van der Waals surface area contributed by atoms with Crippen molar-refractivity contribution in [2.75, 3.05) is 13.1 Å². The van der Waals surface area contributed by atoms with Crippen LogP contribution >= 0.6 is 11.3 Å². The van der Waals surface area contributed by atoms with Crippen LogP contribution in [0.5, 0.6) is 0 Å². The van der Waals surface area contributed by atoms with Crippen LogP contribution in [0.3, 0.4) is 0 Å². The molecule has 0 atom stereocenters. The molecular formula is C13H14N2O2S. The van der Waals surface area contributed by atoms with Crippen LogP contribution in [0.1, 0.15) is 29.8 Å². The van der Waals surface area contributed by atoms with Crippen LogP contribution in [0.15, 0.2) is 28.2 Å². The summed E-state index contributed by atoms with van der Waals surface area (Å²) in [4.78, 5) is 18.5. The van der Waals surface area contributed by atoms with Crippen molar-refractivity contribution in [3.05, 3.63) is 29.5 Å². The molecule has 3 heterocycles. The minimum atomic E-state index is 0.0451. The second kappa shape index (κ2) is 4.94. The number of nitrogens with zero attached hydrogens (tertiary/aromatic N) is 2. The molecule has 1 saturated heterocycles. The maximum atomic E-state index is 12.2. The first kappa shape index (κ1) is 11.5. The van der Waals surface area contributed by atoms with Gasteiger partial charge in [-0.25, -0.2) is 4.98 Å². The van der Waals surface area contributed by atoms with Crippen molar-refractivity contribution < 1.29 is 9.21 Å². The van der Waals surface area contributed by atoms with Gasteiger partial charge in [0.05, 0.1) is 6.26 Å². The molecule has 4 nitrogen and oxygen atoms in total. The van der Waals surface area contributed by atoms with E-state index in [0.717, 1.165) is 36.7 Å². The normalized spacial score (nSPS) is 15.9. The Morgan fingerprint density at radius 3 is 2.89 bits per heavy atom. The zero-order valence-corrected chi connectivity index (χ0v) is 10.8. The van der Waals surface area contributed by atoms with Gasteiger partial charge in [-0.1, -0.05) is 0 Å². The van der Waals surface area contributed by atoms with Crippen molar-refractivity contribution in [3.63, 3.8) is 0 Å². The maximum Gasteiger partial charge on any atom is 0.273 e. The lowest BCUT2D eigenvalue weighted by Gasteiger charge is -2.25. The van der Waals surface area contributed by atoms with E-state index >= 15 is 0 Å². The summed E-state index contributed by atoms with van der Waals surface area (Å²) in [5, 5.41) is 2.58. The second-order valence-corrected chi connectivity index (χ2v) is 5.23. The molecule has 1 fully saturated rings. The van der Waals surface area contributed by atoms with E-state index in [9.17, 15) is 4.79 Å². The summed E-state index contributed by atoms with van der Waals surface area (Å²) in [6, 6.07) is 3.68. The van der Waals surface area contributed by atoms with Crippen LogP contribution in [0.4, 0.5) is 0 Å². The van der Waals surface area contributed by atoms with Crippen LogP contribution < -0.4 is 0 Å². The van der Waals surface area contributed by atoms with Crippen LogP contribution in [0, 0.1) is 0 Å². The van der Waals surface area contributed by atoms with E-state index < -0.39 is 0 Å². The third-order valence-electron chi connectivity index (χ3n) is 3.10. The van der Waals surface area contributed by atoms with Gasteiger partial charge in [0, 0.05) is 18.5 Å². The number of likely N-dealkylation sites (tertiary alicyclic amines) is 1. The summed E-state index contributed by atoms with van der Waals surface area (Å²) in [5.74, 6) is 0.765. The first-order chi connectivity index (χ1) is 8.84. The van der Waals surface area contributed by atoms with E-state index in [4.69, 9.17) is 4.42 Å². The highest BCUT2D eigenvalue weighted by Crippen LogP contribution is 2.25. The Kier molecular flexibility index (Phi) is 3.15. The second-order valence-electron chi connectivity index (χ2n) is 4.37. The van der Waals surface area contributed by atoms with E-state index in [-0.39, 0.29) is 5.91 Å². The molecule has 5 heteroatoms. The molecule has 0 radical (unpaired) electrons. The number of amides is 1. The molecule has 0 aliphatic carbocycles. The molecule has 1 aliphatic heterocycles. The molecular weight excluding hydrogens is 248 g/mol. The number of carbonyl (C=O) groups excluding carboxylic acids is 1. The van der Waals surface area contributed by atoms with Crippen LogP contribution in [-0.2, 0) is 0 Å². The number of piperidine rings is 1. The van der Waals surface area contributed by atoms with Crippen molar-refractivity contribution >= 4 is 17.2 Å². The van der Waals surface area contributed by atoms with Gasteiger partial charge < -0.3 is 9.32 Å². The first-order valence-corrected chi connectivity index (χ1v) is 7.01. The summed E-state index contributed by atoms with van der Waals surface area (Å²) >= 11 is 1.45. The Balaban J connectivity index is 1.78. The van der Waals surface area contributed by atoms with Gasteiger partial charge in [-0.3, -0.25) is 4.79 Å². The van der Waals surface area contributed by atoms with Crippen molar-refractivity contribution in [2.24, 2.45) is 0 Å². The largest absolute Gasteiger partial charge is 0.462 e. The number of carbonyl (C=O) groups is 1. The third kappa shape index (κ3) is 2.18. The smallest absolute Gasteiger partial charge is 0.273 e. The fourth-order valence-electron chi connectivity index (χ4n) is 2.14. The Bertz CT molecular complexity index is 527. The molecule has 0 unspecified atom stereocenters. The Morgan fingerprint density at radius 2 is 2.17 bits per heavy atom. The molecule has 2 aromatic heterocycles. The fraction of sp³-hybridized carbons (Fsp3) is 0.385. The molecule has 0 bridgehead atoms. The van der Waals surface area contributed by atoms with Gasteiger partial charge in [0.25, 0.3) is 5.91 Å². The minimum Gasteiger partial charge on any atom is -0.462 e. The summed E-state index contributed by atoms with van der Waals surface area (Å²) in [6.45, 7) is 1.71. The number of thiazole rings is 1. The summed E-state index contributed by atoms with van der Waals surface area (Å²) < 4.78 is 5.28. The van der Waals surface area contributed by atoms with Gasteiger partial charge >= 0.3 is 0 Å². The molecule has 0 N–H and O–H groups in total. The fourth-order valence-corrected chi connectivity index (χ4v) is 2.90. The predicted molar refractivity (Wildman–Crippen MR) is 69.6 cm³/mol. The van der Waals surface area contributed by atoms with Gasteiger partial charge in [0.1, 0.15) is 5.69 Å². The number of aromatic nitrogens is 1. The van der Waals surface area contributed by atoms with Crippen molar-refractivity contribution in [1.82, 2.24) is 9.88 Å². The number of hydrogen-bond donors (Lipinski definition) is 0. The van der Waals surface area contributed by atoms with E-state index in [0.29, 0.717) is 5.69 Å². The first-order valence-electron chi connectivity index (χ1n) is 6.13. The molecule has 3 rings (SSSR count). The van der Waals surface area contributed by atoms with Crippen molar-refractivity contribution in [2.45, 2.75) is 19.3 Å². The number of furan rings is 1. The Morgan fingerprint density at radius 1 is 1.33 bits per heavy atom. The van der Waals surface area contributed by atoms with E-state index in [1.54, 1.807) is 6.26 Å². The lowest BCUT2D eigenvalue weighted by atomic mass is 10.1. The predicted octanol–water partition coefficient (Wildman–Crippen LogP) is 3.03.